The molecule has 3 heteroatoms. The third-order valence-electron chi connectivity index (χ3n) is 0.753. The topological polar surface area (TPSA) is 18.5 Å². The molecular formula is C5H12O2S. The van der Waals surface area contributed by atoms with Crippen molar-refractivity contribution in [3.63, 3.8) is 0 Å². The van der Waals surface area contributed by atoms with Gasteiger partial charge in [-0.25, -0.2) is 0 Å². The molecule has 0 heterocycles. The van der Waals surface area contributed by atoms with Gasteiger partial charge in [-0.05, 0) is 13.2 Å². The maximum atomic E-state index is 5.08. The summed E-state index contributed by atoms with van der Waals surface area (Å²) in [5, 5.41) is 0. The molecule has 0 aromatic rings. The molecular weight excluding hydrogens is 124 g/mol. The molecule has 0 spiro atoms. The zero-order valence-electron chi connectivity index (χ0n) is 5.51. The summed E-state index contributed by atoms with van der Waals surface area (Å²) in [6, 6.07) is 0. The first-order chi connectivity index (χ1) is 3.81. The number of hydrogen-bond acceptors (Lipinski definition) is 3. The Morgan fingerprint density at radius 1 is 1.62 bits per heavy atom. The van der Waals surface area contributed by atoms with E-state index in [1.807, 2.05) is 13.2 Å². The molecule has 0 aliphatic heterocycles. The van der Waals surface area contributed by atoms with Crippen LogP contribution in [0, 0.1) is 0 Å². The number of ether oxygens (including phenoxy) is 2. The zero-order chi connectivity index (χ0) is 6.41. The lowest BCUT2D eigenvalue weighted by Crippen LogP contribution is -2.04. The van der Waals surface area contributed by atoms with E-state index in [-0.39, 0.29) is 5.44 Å². The lowest BCUT2D eigenvalue weighted by molar-refractivity contribution is -0.0364. The van der Waals surface area contributed by atoms with Crippen LogP contribution in [0.4, 0.5) is 0 Å². The summed E-state index contributed by atoms with van der Waals surface area (Å²) >= 11 is 1.66. The van der Waals surface area contributed by atoms with E-state index in [0.29, 0.717) is 6.79 Å². The number of hydrogen-bond donors (Lipinski definition) is 0. The van der Waals surface area contributed by atoms with Crippen LogP contribution >= 0.6 is 11.8 Å². The molecule has 0 aliphatic rings. The lowest BCUT2D eigenvalue weighted by atomic mass is 10.9. The first kappa shape index (κ1) is 8.27. The Morgan fingerprint density at radius 3 is 2.62 bits per heavy atom. The second-order valence-electron chi connectivity index (χ2n) is 1.38. The molecule has 0 radical (unpaired) electrons. The Hall–Kier alpha value is 0.270. The molecule has 2 nitrogen and oxygen atoms in total. The standard InChI is InChI=1S/C5H12O2S/c1-5(8-3)7-4-6-2/h5H,4H2,1-3H3. The van der Waals surface area contributed by atoms with Gasteiger partial charge < -0.3 is 9.47 Å². The maximum Gasteiger partial charge on any atom is 0.147 e. The van der Waals surface area contributed by atoms with E-state index in [0.717, 1.165) is 0 Å². The first-order valence-electron chi connectivity index (χ1n) is 2.44. The minimum atomic E-state index is 0.245. The van der Waals surface area contributed by atoms with Gasteiger partial charge in [0.25, 0.3) is 0 Å². The highest BCUT2D eigenvalue weighted by Gasteiger charge is 1.94. The Bertz CT molecular complexity index is 49.7. The molecule has 0 saturated carbocycles. The van der Waals surface area contributed by atoms with Crippen LogP contribution in [0.2, 0.25) is 0 Å². The van der Waals surface area contributed by atoms with E-state index in [1.54, 1.807) is 18.9 Å². The monoisotopic (exact) mass is 136 g/mol. The molecule has 0 N–H and O–H groups in total. The van der Waals surface area contributed by atoms with Gasteiger partial charge in [0, 0.05) is 7.11 Å². The highest BCUT2D eigenvalue weighted by atomic mass is 32.2. The minimum absolute atomic E-state index is 0.245. The van der Waals surface area contributed by atoms with Gasteiger partial charge in [0.05, 0.1) is 0 Å². The van der Waals surface area contributed by atoms with Gasteiger partial charge in [-0.15, -0.1) is 11.8 Å². The van der Waals surface area contributed by atoms with Crippen molar-refractivity contribution in [1.82, 2.24) is 0 Å². The third-order valence-corrected chi connectivity index (χ3v) is 1.55. The number of thioether (sulfide) groups is 1. The Morgan fingerprint density at radius 2 is 2.25 bits per heavy atom. The summed E-state index contributed by atoms with van der Waals surface area (Å²) < 4.78 is 9.76. The van der Waals surface area contributed by atoms with Crippen molar-refractivity contribution in [2.75, 3.05) is 20.2 Å². The molecule has 0 bridgehead atoms. The van der Waals surface area contributed by atoms with Gasteiger partial charge in [0.1, 0.15) is 12.2 Å². The summed E-state index contributed by atoms with van der Waals surface area (Å²) in [7, 11) is 1.62. The second-order valence-corrected chi connectivity index (χ2v) is 2.51. The van der Waals surface area contributed by atoms with E-state index in [2.05, 4.69) is 4.74 Å². The molecule has 0 aliphatic carbocycles. The van der Waals surface area contributed by atoms with E-state index in [1.165, 1.54) is 0 Å². The lowest BCUT2D eigenvalue weighted by Gasteiger charge is -2.07. The van der Waals surface area contributed by atoms with Crippen molar-refractivity contribution in [3.8, 4) is 0 Å². The first-order valence-corrected chi connectivity index (χ1v) is 3.73. The Labute approximate surface area is 54.5 Å². The van der Waals surface area contributed by atoms with Crippen LogP contribution in [0.3, 0.4) is 0 Å². The SMILES string of the molecule is COCOC(C)SC. The van der Waals surface area contributed by atoms with Crippen molar-refractivity contribution >= 4 is 11.8 Å². The van der Waals surface area contributed by atoms with E-state index in [9.17, 15) is 0 Å². The van der Waals surface area contributed by atoms with Gasteiger partial charge >= 0.3 is 0 Å². The normalized spacial score (nSPS) is 13.9. The van der Waals surface area contributed by atoms with Crippen molar-refractivity contribution in [2.24, 2.45) is 0 Å². The predicted molar refractivity (Wildman–Crippen MR) is 35.9 cm³/mol. The number of rotatable bonds is 4. The molecule has 0 rings (SSSR count). The van der Waals surface area contributed by atoms with Gasteiger partial charge in [-0.2, -0.15) is 0 Å². The number of methoxy groups -OCH3 is 1. The van der Waals surface area contributed by atoms with Crippen LogP contribution in [-0.4, -0.2) is 25.6 Å². The summed E-state index contributed by atoms with van der Waals surface area (Å²) in [6.07, 6.45) is 2.00. The van der Waals surface area contributed by atoms with Crippen LogP contribution in [0.25, 0.3) is 0 Å². The molecule has 8 heavy (non-hydrogen) atoms. The molecule has 0 aromatic heterocycles. The minimum Gasteiger partial charge on any atom is -0.359 e. The smallest absolute Gasteiger partial charge is 0.147 e. The highest BCUT2D eigenvalue weighted by Crippen LogP contribution is 2.05. The molecule has 1 unspecified atom stereocenters. The highest BCUT2D eigenvalue weighted by molar-refractivity contribution is 7.99. The van der Waals surface area contributed by atoms with E-state index < -0.39 is 0 Å². The van der Waals surface area contributed by atoms with Gasteiger partial charge in [-0.1, -0.05) is 0 Å². The Balaban J connectivity index is 2.86. The van der Waals surface area contributed by atoms with Crippen LogP contribution in [0.1, 0.15) is 6.92 Å². The molecule has 0 saturated heterocycles. The van der Waals surface area contributed by atoms with Crippen LogP contribution in [-0.2, 0) is 9.47 Å². The van der Waals surface area contributed by atoms with Gasteiger partial charge in [-0.3, -0.25) is 0 Å². The fourth-order valence-electron chi connectivity index (χ4n) is 0.232. The largest absolute Gasteiger partial charge is 0.359 e. The molecule has 0 amide bonds. The van der Waals surface area contributed by atoms with Crippen molar-refractivity contribution in [3.05, 3.63) is 0 Å². The van der Waals surface area contributed by atoms with Gasteiger partial charge in [0.2, 0.25) is 0 Å². The second kappa shape index (κ2) is 5.41. The van der Waals surface area contributed by atoms with Crippen LogP contribution in [0.5, 0.6) is 0 Å². The fourth-order valence-corrected chi connectivity index (χ4v) is 0.424. The molecule has 1 atom stereocenters. The van der Waals surface area contributed by atoms with Crippen LogP contribution in [0.15, 0.2) is 0 Å². The van der Waals surface area contributed by atoms with Crippen LogP contribution < -0.4 is 0 Å². The third kappa shape index (κ3) is 4.43. The average molecular weight is 136 g/mol. The average Bonchev–Trinajstić information content (AvgIpc) is 1.83. The van der Waals surface area contributed by atoms with E-state index in [4.69, 9.17) is 4.74 Å². The molecule has 50 valence electrons. The molecule has 0 aromatic carbocycles. The fraction of sp³-hybridized carbons (Fsp3) is 1.00. The summed E-state index contributed by atoms with van der Waals surface area (Å²) in [5.74, 6) is 0. The van der Waals surface area contributed by atoms with Crippen molar-refractivity contribution < 1.29 is 9.47 Å². The van der Waals surface area contributed by atoms with Crippen molar-refractivity contribution in [1.29, 1.82) is 0 Å². The summed E-state index contributed by atoms with van der Waals surface area (Å²) in [6.45, 7) is 2.38. The summed E-state index contributed by atoms with van der Waals surface area (Å²) in [5.41, 5.74) is 0.245. The quantitative estimate of drug-likeness (QED) is 0.543. The van der Waals surface area contributed by atoms with Gasteiger partial charge in [0.15, 0.2) is 0 Å². The predicted octanol–water partition coefficient (Wildman–Crippen LogP) is 1.32. The van der Waals surface area contributed by atoms with Crippen molar-refractivity contribution in [2.45, 2.75) is 12.4 Å². The maximum absolute atomic E-state index is 5.08. The summed E-state index contributed by atoms with van der Waals surface area (Å²) in [4.78, 5) is 0. The Kier molecular flexibility index (Phi) is 5.59. The molecule has 0 fully saturated rings. The van der Waals surface area contributed by atoms with E-state index >= 15 is 0 Å². The zero-order valence-corrected chi connectivity index (χ0v) is 6.33.